The minimum atomic E-state index is -0.857. The van der Waals surface area contributed by atoms with E-state index in [1.54, 1.807) is 26.2 Å². The van der Waals surface area contributed by atoms with E-state index in [-0.39, 0.29) is 0 Å². The molecule has 0 spiro atoms. The van der Waals surface area contributed by atoms with Gasteiger partial charge in [0.2, 0.25) is 0 Å². The first-order valence-electron chi connectivity index (χ1n) is 4.69. The van der Waals surface area contributed by atoms with E-state index in [9.17, 15) is 4.79 Å². The van der Waals surface area contributed by atoms with Crippen LogP contribution in [-0.4, -0.2) is 23.4 Å². The third-order valence-electron chi connectivity index (χ3n) is 2.06. The molecule has 3 nitrogen and oxygen atoms in total. The fourth-order valence-corrected chi connectivity index (χ4v) is 2.65. The van der Waals surface area contributed by atoms with Crippen LogP contribution in [0.5, 0.6) is 5.75 Å². The molecule has 0 aromatic heterocycles. The smallest absolute Gasteiger partial charge is 0.316 e. The number of hydrogen-bond acceptors (Lipinski definition) is 3. The summed E-state index contributed by atoms with van der Waals surface area (Å²) in [7, 11) is 1.56. The normalized spacial score (nSPS) is 12.2. The van der Waals surface area contributed by atoms with Crippen molar-refractivity contribution >= 4 is 29.3 Å². The summed E-state index contributed by atoms with van der Waals surface area (Å²) in [4.78, 5) is 11.5. The predicted molar refractivity (Wildman–Crippen MR) is 65.7 cm³/mol. The quantitative estimate of drug-likeness (QED) is 0.845. The molecule has 0 radical (unpaired) electrons. The van der Waals surface area contributed by atoms with Crippen molar-refractivity contribution in [3.63, 3.8) is 0 Å². The minimum Gasteiger partial charge on any atom is -0.495 e. The maximum atomic E-state index is 10.8. The van der Waals surface area contributed by atoms with Crippen LogP contribution in [0.3, 0.4) is 0 Å². The standard InChI is InChI=1S/C11H13ClO3S/c1-6-4-8(12)5-9(10(6)15-3)16-7(2)11(13)14/h4-5,7H,1-3H3,(H,13,14). The number of halogens is 1. The molecular weight excluding hydrogens is 248 g/mol. The second-order valence-corrected chi connectivity index (χ2v) is 5.17. The molecule has 88 valence electrons. The molecule has 1 rings (SSSR count). The monoisotopic (exact) mass is 260 g/mol. The van der Waals surface area contributed by atoms with Crippen LogP contribution in [0.1, 0.15) is 12.5 Å². The van der Waals surface area contributed by atoms with Gasteiger partial charge in [-0.25, -0.2) is 0 Å². The first-order valence-corrected chi connectivity index (χ1v) is 5.95. The van der Waals surface area contributed by atoms with E-state index in [4.69, 9.17) is 21.4 Å². The van der Waals surface area contributed by atoms with Crippen LogP contribution in [0.2, 0.25) is 5.02 Å². The van der Waals surface area contributed by atoms with E-state index in [2.05, 4.69) is 0 Å². The van der Waals surface area contributed by atoms with Gasteiger partial charge in [0.05, 0.1) is 12.0 Å². The average Bonchev–Trinajstić information content (AvgIpc) is 2.16. The summed E-state index contributed by atoms with van der Waals surface area (Å²) in [5.41, 5.74) is 0.898. The molecule has 0 aliphatic rings. The first-order chi connectivity index (χ1) is 7.45. The summed E-state index contributed by atoms with van der Waals surface area (Å²) in [6, 6.07) is 3.51. The van der Waals surface area contributed by atoms with Gasteiger partial charge in [0.15, 0.2) is 0 Å². The largest absolute Gasteiger partial charge is 0.495 e. The number of aliphatic carboxylic acids is 1. The minimum absolute atomic E-state index is 0.535. The molecule has 0 heterocycles. The van der Waals surface area contributed by atoms with Crippen LogP contribution in [0.4, 0.5) is 0 Å². The van der Waals surface area contributed by atoms with Gasteiger partial charge in [-0.05, 0) is 31.5 Å². The van der Waals surface area contributed by atoms with E-state index in [1.165, 1.54) is 11.8 Å². The topological polar surface area (TPSA) is 46.5 Å². The van der Waals surface area contributed by atoms with Crippen molar-refractivity contribution in [2.24, 2.45) is 0 Å². The Balaban J connectivity index is 3.07. The van der Waals surface area contributed by atoms with Crippen molar-refractivity contribution in [3.8, 4) is 5.75 Å². The van der Waals surface area contributed by atoms with Crippen LogP contribution in [-0.2, 0) is 4.79 Å². The van der Waals surface area contributed by atoms with Gasteiger partial charge < -0.3 is 9.84 Å². The molecule has 0 bridgehead atoms. The van der Waals surface area contributed by atoms with Crippen LogP contribution >= 0.6 is 23.4 Å². The zero-order valence-corrected chi connectivity index (χ0v) is 10.9. The average molecular weight is 261 g/mol. The highest BCUT2D eigenvalue weighted by atomic mass is 35.5. The number of hydrogen-bond donors (Lipinski definition) is 1. The SMILES string of the molecule is COc1c(C)cc(Cl)cc1SC(C)C(=O)O. The molecule has 0 fully saturated rings. The maximum absolute atomic E-state index is 10.8. The third kappa shape index (κ3) is 3.06. The summed E-state index contributed by atoms with van der Waals surface area (Å²) in [6.07, 6.45) is 0. The molecule has 0 saturated heterocycles. The molecular formula is C11H13ClO3S. The molecule has 0 amide bonds. The zero-order valence-electron chi connectivity index (χ0n) is 9.28. The van der Waals surface area contributed by atoms with Crippen molar-refractivity contribution in [2.75, 3.05) is 7.11 Å². The van der Waals surface area contributed by atoms with Crippen molar-refractivity contribution in [3.05, 3.63) is 22.7 Å². The maximum Gasteiger partial charge on any atom is 0.316 e. The Labute approximate surface area is 104 Å². The number of benzene rings is 1. The summed E-state index contributed by atoms with van der Waals surface area (Å²) in [5.74, 6) is -0.174. The summed E-state index contributed by atoms with van der Waals surface area (Å²) >= 11 is 7.15. The number of aryl methyl sites for hydroxylation is 1. The van der Waals surface area contributed by atoms with E-state index < -0.39 is 11.2 Å². The second-order valence-electron chi connectivity index (χ2n) is 3.35. The van der Waals surface area contributed by atoms with Gasteiger partial charge in [0.1, 0.15) is 11.0 Å². The van der Waals surface area contributed by atoms with Crippen molar-refractivity contribution < 1.29 is 14.6 Å². The van der Waals surface area contributed by atoms with Crippen molar-refractivity contribution in [2.45, 2.75) is 24.0 Å². The van der Waals surface area contributed by atoms with Gasteiger partial charge in [-0.15, -0.1) is 11.8 Å². The van der Waals surface area contributed by atoms with Gasteiger partial charge in [-0.2, -0.15) is 0 Å². The Morgan fingerprint density at radius 1 is 1.56 bits per heavy atom. The Morgan fingerprint density at radius 3 is 2.69 bits per heavy atom. The molecule has 1 N–H and O–H groups in total. The van der Waals surface area contributed by atoms with E-state index in [1.807, 2.05) is 6.92 Å². The van der Waals surface area contributed by atoms with E-state index in [0.29, 0.717) is 10.8 Å². The van der Waals surface area contributed by atoms with Crippen LogP contribution in [0, 0.1) is 6.92 Å². The number of carboxylic acids is 1. The Hall–Kier alpha value is -0.870. The molecule has 1 aromatic rings. The third-order valence-corrected chi connectivity index (χ3v) is 3.39. The van der Waals surface area contributed by atoms with Gasteiger partial charge in [0.25, 0.3) is 0 Å². The lowest BCUT2D eigenvalue weighted by Gasteiger charge is -2.13. The molecule has 0 aliphatic heterocycles. The molecule has 5 heteroatoms. The highest BCUT2D eigenvalue weighted by Gasteiger charge is 2.17. The highest BCUT2D eigenvalue weighted by molar-refractivity contribution is 8.00. The van der Waals surface area contributed by atoms with Crippen LogP contribution in [0.15, 0.2) is 17.0 Å². The number of carbonyl (C=O) groups is 1. The predicted octanol–water partition coefficient (Wildman–Crippen LogP) is 3.22. The Morgan fingerprint density at radius 2 is 2.19 bits per heavy atom. The van der Waals surface area contributed by atoms with E-state index in [0.717, 1.165) is 10.5 Å². The number of carboxylic acid groups (broad SMARTS) is 1. The number of ether oxygens (including phenoxy) is 1. The molecule has 1 atom stereocenters. The fourth-order valence-electron chi connectivity index (χ4n) is 1.29. The Bertz CT molecular complexity index is 406. The lowest BCUT2D eigenvalue weighted by atomic mass is 10.2. The first kappa shape index (κ1) is 13.2. The van der Waals surface area contributed by atoms with Crippen molar-refractivity contribution in [1.82, 2.24) is 0 Å². The summed E-state index contributed by atoms with van der Waals surface area (Å²) in [6.45, 7) is 3.50. The zero-order chi connectivity index (χ0) is 12.3. The van der Waals surface area contributed by atoms with E-state index >= 15 is 0 Å². The molecule has 1 aromatic carbocycles. The van der Waals surface area contributed by atoms with Gasteiger partial charge in [-0.1, -0.05) is 11.6 Å². The van der Waals surface area contributed by atoms with Gasteiger partial charge >= 0.3 is 5.97 Å². The number of thioether (sulfide) groups is 1. The summed E-state index contributed by atoms with van der Waals surface area (Å²) < 4.78 is 5.24. The molecule has 0 saturated carbocycles. The van der Waals surface area contributed by atoms with Crippen molar-refractivity contribution in [1.29, 1.82) is 0 Å². The lowest BCUT2D eigenvalue weighted by molar-refractivity contribution is -0.136. The molecule has 1 unspecified atom stereocenters. The molecule has 0 aliphatic carbocycles. The number of rotatable bonds is 4. The van der Waals surface area contributed by atoms with Gasteiger partial charge in [-0.3, -0.25) is 4.79 Å². The molecule has 16 heavy (non-hydrogen) atoms. The van der Waals surface area contributed by atoms with Crippen LogP contribution < -0.4 is 4.74 Å². The summed E-state index contributed by atoms with van der Waals surface area (Å²) in [5, 5.41) is 8.90. The number of methoxy groups -OCH3 is 1. The van der Waals surface area contributed by atoms with Crippen LogP contribution in [0.25, 0.3) is 0 Å². The second kappa shape index (κ2) is 5.46. The van der Waals surface area contributed by atoms with Gasteiger partial charge in [0, 0.05) is 5.02 Å². The lowest BCUT2D eigenvalue weighted by Crippen LogP contribution is -2.11. The fraction of sp³-hybridized carbons (Fsp3) is 0.364. The Kier molecular flexibility index (Phi) is 4.50. The highest BCUT2D eigenvalue weighted by Crippen LogP contribution is 2.37.